The summed E-state index contributed by atoms with van der Waals surface area (Å²) in [5.41, 5.74) is 0. The van der Waals surface area contributed by atoms with E-state index in [1.54, 1.807) is 0 Å². The maximum absolute atomic E-state index is 11.1. The molecule has 0 aromatic carbocycles. The zero-order chi connectivity index (χ0) is 10.3. The van der Waals surface area contributed by atoms with Crippen LogP contribution in [0, 0.1) is 0 Å². The van der Waals surface area contributed by atoms with E-state index in [-0.39, 0.29) is 5.75 Å². The van der Waals surface area contributed by atoms with Gasteiger partial charge in [0, 0.05) is 6.08 Å². The summed E-state index contributed by atoms with van der Waals surface area (Å²) in [5.74, 6) is -1.19. The molecule has 0 saturated heterocycles. The van der Waals surface area contributed by atoms with Crippen LogP contribution in [0.4, 0.5) is 0 Å². The molecule has 0 atom stereocenters. The van der Waals surface area contributed by atoms with Gasteiger partial charge in [0.15, 0.2) is 15.8 Å². The lowest BCUT2D eigenvalue weighted by atomic mass is 10.4. The molecular formula is C8H14O4S. The van der Waals surface area contributed by atoms with Crippen molar-refractivity contribution in [3.05, 3.63) is 12.7 Å². The van der Waals surface area contributed by atoms with E-state index in [1.165, 1.54) is 0 Å². The second kappa shape index (κ2) is 5.75. The topological polar surface area (TPSA) is 60.4 Å². The minimum absolute atomic E-state index is 0.0634. The van der Waals surface area contributed by atoms with Gasteiger partial charge in [-0.2, -0.15) is 0 Å². The van der Waals surface area contributed by atoms with Crippen LogP contribution in [0.5, 0.6) is 0 Å². The summed E-state index contributed by atoms with van der Waals surface area (Å²) in [4.78, 5) is 10.5. The minimum atomic E-state index is -3.24. The van der Waals surface area contributed by atoms with Crippen LogP contribution in [-0.4, -0.2) is 26.1 Å². The van der Waals surface area contributed by atoms with Crippen molar-refractivity contribution in [1.82, 2.24) is 0 Å². The average Bonchev–Trinajstić information content (AvgIpc) is 2.11. The number of rotatable bonds is 6. The average molecular weight is 206 g/mol. The summed E-state index contributed by atoms with van der Waals surface area (Å²) in [6.45, 7) is 5.05. The van der Waals surface area contributed by atoms with Crippen molar-refractivity contribution in [2.75, 3.05) is 11.7 Å². The Kier molecular flexibility index (Phi) is 5.37. The number of hydrogen-bond acceptors (Lipinski definition) is 4. The van der Waals surface area contributed by atoms with Gasteiger partial charge in [0.25, 0.3) is 0 Å². The largest absolute Gasteiger partial charge is 0.446 e. The van der Waals surface area contributed by atoms with Gasteiger partial charge in [0.05, 0.1) is 5.75 Å². The predicted octanol–water partition coefficient (Wildman–Crippen LogP) is 0.888. The summed E-state index contributed by atoms with van der Waals surface area (Å²) in [6.07, 6.45) is 2.33. The van der Waals surface area contributed by atoms with Gasteiger partial charge in [-0.1, -0.05) is 19.9 Å². The molecule has 0 aromatic heterocycles. The Morgan fingerprint density at radius 3 is 2.62 bits per heavy atom. The fraction of sp³-hybridized carbons (Fsp3) is 0.625. The Labute approximate surface area is 78.5 Å². The molecule has 0 amide bonds. The first-order valence-electron chi connectivity index (χ1n) is 4.01. The number of sulfone groups is 1. The predicted molar refractivity (Wildman–Crippen MR) is 49.9 cm³/mol. The lowest BCUT2D eigenvalue weighted by Crippen LogP contribution is -2.15. The van der Waals surface area contributed by atoms with E-state index in [2.05, 4.69) is 11.3 Å². The molecular weight excluding hydrogens is 192 g/mol. The lowest BCUT2D eigenvalue weighted by Gasteiger charge is -2.02. The molecule has 0 aliphatic rings. The van der Waals surface area contributed by atoms with Gasteiger partial charge in [0.1, 0.15) is 0 Å². The van der Waals surface area contributed by atoms with Crippen LogP contribution < -0.4 is 0 Å². The van der Waals surface area contributed by atoms with E-state index >= 15 is 0 Å². The number of ether oxygens (including phenoxy) is 1. The summed E-state index contributed by atoms with van der Waals surface area (Å²) >= 11 is 0. The number of carbonyl (C=O) groups excluding carboxylic acids is 1. The van der Waals surface area contributed by atoms with Gasteiger partial charge in [-0.25, -0.2) is 13.2 Å². The molecule has 76 valence electrons. The fourth-order valence-corrected chi connectivity index (χ4v) is 1.77. The second-order valence-corrected chi connectivity index (χ2v) is 4.72. The van der Waals surface area contributed by atoms with Crippen LogP contribution in [0.15, 0.2) is 12.7 Å². The van der Waals surface area contributed by atoms with Crippen LogP contribution in [0.1, 0.15) is 19.8 Å². The molecule has 0 saturated carbocycles. The van der Waals surface area contributed by atoms with E-state index in [1.807, 2.05) is 6.92 Å². The summed E-state index contributed by atoms with van der Waals surface area (Å²) in [7, 11) is -3.24. The third-order valence-electron chi connectivity index (χ3n) is 1.36. The normalized spacial score (nSPS) is 10.8. The molecule has 0 unspecified atom stereocenters. The van der Waals surface area contributed by atoms with Crippen molar-refractivity contribution >= 4 is 15.8 Å². The van der Waals surface area contributed by atoms with Gasteiger partial charge >= 0.3 is 5.97 Å². The van der Waals surface area contributed by atoms with Crippen LogP contribution in [-0.2, 0) is 19.4 Å². The van der Waals surface area contributed by atoms with E-state index < -0.39 is 21.7 Å². The zero-order valence-corrected chi connectivity index (χ0v) is 8.47. The molecule has 4 nitrogen and oxygen atoms in total. The molecule has 0 spiro atoms. The highest BCUT2D eigenvalue weighted by Gasteiger charge is 2.11. The van der Waals surface area contributed by atoms with E-state index in [4.69, 9.17) is 0 Å². The molecule has 0 rings (SSSR count). The number of esters is 1. The van der Waals surface area contributed by atoms with Crippen LogP contribution in [0.25, 0.3) is 0 Å². The van der Waals surface area contributed by atoms with Gasteiger partial charge in [-0.15, -0.1) is 0 Å². The number of unbranched alkanes of at least 4 members (excludes halogenated alkanes) is 1. The van der Waals surface area contributed by atoms with Gasteiger partial charge < -0.3 is 4.74 Å². The van der Waals surface area contributed by atoms with Gasteiger partial charge in [-0.05, 0) is 6.42 Å². The number of carbonyl (C=O) groups is 1. The molecule has 0 N–H and O–H groups in total. The minimum Gasteiger partial charge on any atom is -0.446 e. The smallest absolute Gasteiger partial charge is 0.331 e. The number of hydrogen-bond donors (Lipinski definition) is 0. The third kappa shape index (κ3) is 6.33. The second-order valence-electron chi connectivity index (χ2n) is 2.59. The Morgan fingerprint density at radius 1 is 1.54 bits per heavy atom. The third-order valence-corrected chi connectivity index (χ3v) is 2.74. The SMILES string of the molecule is C=CC(=O)OCS(=O)(=O)CCCC. The highest BCUT2D eigenvalue weighted by Crippen LogP contribution is 1.98. The Balaban J connectivity index is 3.89. The van der Waals surface area contributed by atoms with Crippen molar-refractivity contribution in [3.8, 4) is 0 Å². The van der Waals surface area contributed by atoms with Crippen LogP contribution >= 0.6 is 0 Å². The van der Waals surface area contributed by atoms with E-state index in [0.717, 1.165) is 12.5 Å². The van der Waals surface area contributed by atoms with Crippen molar-refractivity contribution < 1.29 is 17.9 Å². The standard InChI is InChI=1S/C8H14O4S/c1-3-5-6-13(10,11)7-12-8(9)4-2/h4H,2-3,5-7H2,1H3. The van der Waals surface area contributed by atoms with Crippen molar-refractivity contribution in [3.63, 3.8) is 0 Å². The van der Waals surface area contributed by atoms with Gasteiger partial charge in [-0.3, -0.25) is 0 Å². The molecule has 0 heterocycles. The molecule has 0 fully saturated rings. The maximum atomic E-state index is 11.1. The van der Waals surface area contributed by atoms with Crippen molar-refractivity contribution in [1.29, 1.82) is 0 Å². The highest BCUT2D eigenvalue weighted by atomic mass is 32.2. The summed E-state index contributed by atoms with van der Waals surface area (Å²) in [6, 6.07) is 0. The van der Waals surface area contributed by atoms with Crippen molar-refractivity contribution in [2.45, 2.75) is 19.8 Å². The fourth-order valence-electron chi connectivity index (χ4n) is 0.630. The molecule has 0 bridgehead atoms. The molecule has 0 aliphatic heterocycles. The highest BCUT2D eigenvalue weighted by molar-refractivity contribution is 7.91. The summed E-state index contributed by atoms with van der Waals surface area (Å²) in [5, 5.41) is 0. The quantitative estimate of drug-likeness (QED) is 0.478. The first-order chi connectivity index (χ1) is 6.02. The first kappa shape index (κ1) is 12.2. The summed E-state index contributed by atoms with van der Waals surface area (Å²) < 4.78 is 26.6. The Hall–Kier alpha value is -0.840. The zero-order valence-electron chi connectivity index (χ0n) is 7.65. The van der Waals surface area contributed by atoms with Crippen LogP contribution in [0.3, 0.4) is 0 Å². The maximum Gasteiger partial charge on any atom is 0.331 e. The van der Waals surface area contributed by atoms with E-state index in [9.17, 15) is 13.2 Å². The molecule has 0 aliphatic carbocycles. The molecule has 13 heavy (non-hydrogen) atoms. The lowest BCUT2D eigenvalue weighted by molar-refractivity contribution is -0.135. The Morgan fingerprint density at radius 2 is 2.15 bits per heavy atom. The first-order valence-corrected chi connectivity index (χ1v) is 5.83. The van der Waals surface area contributed by atoms with Crippen LogP contribution in [0.2, 0.25) is 0 Å². The molecule has 5 heteroatoms. The van der Waals surface area contributed by atoms with Gasteiger partial charge in [0.2, 0.25) is 0 Å². The van der Waals surface area contributed by atoms with E-state index in [0.29, 0.717) is 6.42 Å². The molecule has 0 aromatic rings. The van der Waals surface area contributed by atoms with Crippen molar-refractivity contribution in [2.24, 2.45) is 0 Å². The monoisotopic (exact) mass is 206 g/mol. The molecule has 0 radical (unpaired) electrons. The Bertz CT molecular complexity index is 266.